The third-order valence-corrected chi connectivity index (χ3v) is 2.61. The fourth-order valence-electron chi connectivity index (χ4n) is 1.29. The smallest absolute Gasteiger partial charge is 0.255 e. The molecule has 5 heteroatoms. The molecule has 2 rings (SSSR count). The van der Waals surface area contributed by atoms with Crippen LogP contribution in [0.25, 0.3) is 0 Å². The summed E-state index contributed by atoms with van der Waals surface area (Å²) >= 11 is 3.21. The Morgan fingerprint density at radius 1 is 1.24 bits per heavy atom. The van der Waals surface area contributed by atoms with E-state index in [1.54, 1.807) is 18.2 Å². The van der Waals surface area contributed by atoms with E-state index in [1.165, 1.54) is 24.5 Å². The van der Waals surface area contributed by atoms with Crippen molar-refractivity contribution in [2.24, 2.45) is 0 Å². The number of aromatic nitrogens is 1. The number of carbonyl (C=O) groups is 1. The van der Waals surface area contributed by atoms with Crippen LogP contribution in [0.3, 0.4) is 0 Å². The number of hydrogen-bond acceptors (Lipinski definition) is 2. The Labute approximate surface area is 106 Å². The lowest BCUT2D eigenvalue weighted by Gasteiger charge is -2.06. The molecule has 1 amide bonds. The van der Waals surface area contributed by atoms with Gasteiger partial charge in [-0.15, -0.1) is 0 Å². The number of amides is 1. The van der Waals surface area contributed by atoms with Crippen LogP contribution >= 0.6 is 15.9 Å². The number of halogens is 2. The van der Waals surface area contributed by atoms with E-state index in [4.69, 9.17) is 0 Å². The lowest BCUT2D eigenvalue weighted by Crippen LogP contribution is -2.12. The Morgan fingerprint density at radius 3 is 2.65 bits per heavy atom. The summed E-state index contributed by atoms with van der Waals surface area (Å²) < 4.78 is 14.1. The summed E-state index contributed by atoms with van der Waals surface area (Å²) in [4.78, 5) is 15.6. The van der Waals surface area contributed by atoms with Crippen molar-refractivity contribution >= 4 is 27.5 Å². The first kappa shape index (κ1) is 11.7. The van der Waals surface area contributed by atoms with Crippen molar-refractivity contribution in [2.75, 3.05) is 5.32 Å². The van der Waals surface area contributed by atoms with Gasteiger partial charge in [0.1, 0.15) is 5.82 Å². The number of anilines is 1. The standard InChI is InChI=1S/C12H8BrFN2O/c13-9-1-2-10(14)11(7-9)16-12(17)8-3-5-15-6-4-8/h1-7H,(H,16,17). The van der Waals surface area contributed by atoms with Gasteiger partial charge < -0.3 is 5.32 Å². The zero-order chi connectivity index (χ0) is 12.3. The van der Waals surface area contributed by atoms with Gasteiger partial charge in [-0.3, -0.25) is 9.78 Å². The van der Waals surface area contributed by atoms with E-state index in [0.29, 0.717) is 10.0 Å². The maximum atomic E-state index is 13.4. The van der Waals surface area contributed by atoms with Crippen LogP contribution in [0, 0.1) is 5.82 Å². The van der Waals surface area contributed by atoms with Gasteiger partial charge in [0.05, 0.1) is 5.69 Å². The molecule has 2 aromatic rings. The van der Waals surface area contributed by atoms with Gasteiger partial charge in [0.25, 0.3) is 5.91 Å². The highest BCUT2D eigenvalue weighted by Gasteiger charge is 2.09. The van der Waals surface area contributed by atoms with Gasteiger partial charge in [0.2, 0.25) is 0 Å². The van der Waals surface area contributed by atoms with Crippen LogP contribution in [-0.2, 0) is 0 Å². The van der Waals surface area contributed by atoms with E-state index >= 15 is 0 Å². The van der Waals surface area contributed by atoms with Gasteiger partial charge in [0.15, 0.2) is 0 Å². The van der Waals surface area contributed by atoms with E-state index in [-0.39, 0.29) is 11.6 Å². The summed E-state index contributed by atoms with van der Waals surface area (Å²) in [5.41, 5.74) is 0.570. The van der Waals surface area contributed by atoms with Gasteiger partial charge >= 0.3 is 0 Å². The van der Waals surface area contributed by atoms with Crippen LogP contribution in [0.1, 0.15) is 10.4 Å². The molecule has 0 aliphatic rings. The monoisotopic (exact) mass is 294 g/mol. The molecule has 0 aliphatic heterocycles. The summed E-state index contributed by atoms with van der Waals surface area (Å²) in [6.45, 7) is 0. The fraction of sp³-hybridized carbons (Fsp3) is 0. The first-order valence-corrected chi connectivity index (χ1v) is 5.62. The molecular weight excluding hydrogens is 287 g/mol. The van der Waals surface area contributed by atoms with Crippen molar-refractivity contribution in [1.29, 1.82) is 0 Å². The molecule has 0 saturated carbocycles. The molecule has 1 heterocycles. The van der Waals surface area contributed by atoms with Crippen LogP contribution in [0.2, 0.25) is 0 Å². The molecule has 0 spiro atoms. The molecular formula is C12H8BrFN2O. The second-order valence-corrected chi connectivity index (χ2v) is 4.23. The summed E-state index contributed by atoms with van der Waals surface area (Å²) in [7, 11) is 0. The molecule has 1 aromatic heterocycles. The van der Waals surface area contributed by atoms with E-state index in [1.807, 2.05) is 0 Å². The average molecular weight is 295 g/mol. The number of benzene rings is 1. The van der Waals surface area contributed by atoms with E-state index in [9.17, 15) is 9.18 Å². The van der Waals surface area contributed by atoms with Crippen molar-refractivity contribution < 1.29 is 9.18 Å². The predicted molar refractivity (Wildman–Crippen MR) is 66.3 cm³/mol. The zero-order valence-electron chi connectivity index (χ0n) is 8.65. The van der Waals surface area contributed by atoms with Gasteiger partial charge in [-0.25, -0.2) is 4.39 Å². The SMILES string of the molecule is O=C(Nc1cc(Br)ccc1F)c1ccncc1. The number of nitrogens with one attached hydrogen (secondary N) is 1. The minimum Gasteiger partial charge on any atom is -0.319 e. The third-order valence-electron chi connectivity index (χ3n) is 2.12. The lowest BCUT2D eigenvalue weighted by molar-refractivity contribution is 0.102. The average Bonchev–Trinajstić information content (AvgIpc) is 2.35. The van der Waals surface area contributed by atoms with Gasteiger partial charge in [-0.05, 0) is 30.3 Å². The van der Waals surface area contributed by atoms with E-state index in [2.05, 4.69) is 26.2 Å². The first-order chi connectivity index (χ1) is 8.16. The maximum absolute atomic E-state index is 13.4. The Morgan fingerprint density at radius 2 is 1.94 bits per heavy atom. The number of hydrogen-bond donors (Lipinski definition) is 1. The van der Waals surface area contributed by atoms with Gasteiger partial charge in [-0.1, -0.05) is 15.9 Å². The van der Waals surface area contributed by atoms with E-state index in [0.717, 1.165) is 0 Å². The molecule has 1 N–H and O–H groups in total. The van der Waals surface area contributed by atoms with Crippen molar-refractivity contribution in [2.45, 2.75) is 0 Å². The lowest BCUT2D eigenvalue weighted by atomic mass is 10.2. The van der Waals surface area contributed by atoms with Crippen LogP contribution in [0.5, 0.6) is 0 Å². The highest BCUT2D eigenvalue weighted by Crippen LogP contribution is 2.20. The number of nitrogens with zero attached hydrogens (tertiary/aromatic N) is 1. The Bertz CT molecular complexity index is 545. The first-order valence-electron chi connectivity index (χ1n) is 4.83. The van der Waals surface area contributed by atoms with Gasteiger partial charge in [0, 0.05) is 22.4 Å². The normalized spacial score (nSPS) is 10.0. The van der Waals surface area contributed by atoms with Crippen LogP contribution in [0.4, 0.5) is 10.1 Å². The largest absolute Gasteiger partial charge is 0.319 e. The Hall–Kier alpha value is -1.75. The summed E-state index contributed by atoms with van der Waals surface area (Å²) in [6.07, 6.45) is 3.01. The quantitative estimate of drug-likeness (QED) is 0.924. The number of rotatable bonds is 2. The summed E-state index contributed by atoms with van der Waals surface area (Å²) in [6, 6.07) is 7.48. The Kier molecular flexibility index (Phi) is 3.49. The molecule has 86 valence electrons. The molecule has 0 unspecified atom stereocenters. The molecule has 17 heavy (non-hydrogen) atoms. The second kappa shape index (κ2) is 5.05. The minimum absolute atomic E-state index is 0.140. The van der Waals surface area contributed by atoms with Crippen molar-refractivity contribution in [3.05, 3.63) is 58.6 Å². The van der Waals surface area contributed by atoms with E-state index < -0.39 is 5.82 Å². The predicted octanol–water partition coefficient (Wildman–Crippen LogP) is 3.24. The minimum atomic E-state index is -0.476. The molecule has 0 radical (unpaired) electrons. The maximum Gasteiger partial charge on any atom is 0.255 e. The van der Waals surface area contributed by atoms with Crippen molar-refractivity contribution in [1.82, 2.24) is 4.98 Å². The van der Waals surface area contributed by atoms with Gasteiger partial charge in [-0.2, -0.15) is 0 Å². The highest BCUT2D eigenvalue weighted by atomic mass is 79.9. The number of pyridine rings is 1. The number of carbonyl (C=O) groups excluding carboxylic acids is 1. The third kappa shape index (κ3) is 2.88. The van der Waals surface area contributed by atoms with Crippen molar-refractivity contribution in [3.63, 3.8) is 0 Å². The second-order valence-electron chi connectivity index (χ2n) is 3.31. The molecule has 0 saturated heterocycles. The molecule has 0 bridgehead atoms. The fourth-order valence-corrected chi connectivity index (χ4v) is 1.65. The van der Waals surface area contributed by atoms with Crippen LogP contribution in [0.15, 0.2) is 47.2 Å². The van der Waals surface area contributed by atoms with Crippen LogP contribution < -0.4 is 5.32 Å². The summed E-state index contributed by atoms with van der Waals surface area (Å²) in [5, 5.41) is 2.50. The molecule has 0 aliphatic carbocycles. The topological polar surface area (TPSA) is 42.0 Å². The van der Waals surface area contributed by atoms with Crippen LogP contribution in [-0.4, -0.2) is 10.9 Å². The van der Waals surface area contributed by atoms with Crippen molar-refractivity contribution in [3.8, 4) is 0 Å². The molecule has 3 nitrogen and oxygen atoms in total. The molecule has 0 fully saturated rings. The summed E-state index contributed by atoms with van der Waals surface area (Å²) in [5.74, 6) is -0.847. The zero-order valence-corrected chi connectivity index (χ0v) is 10.2. The highest BCUT2D eigenvalue weighted by molar-refractivity contribution is 9.10. The molecule has 1 aromatic carbocycles. The Balaban J connectivity index is 2.22. The molecule has 0 atom stereocenters.